The lowest BCUT2D eigenvalue weighted by atomic mass is 10.3. The second kappa shape index (κ2) is 6.33. The average molecular weight is 378 g/mol. The standard InChI is InChI=1S/C13H13Cl2N3O2S2/c14-10-2-1-5-16-13(10)17-6-8-18(9-7-17)22(19,20)12-4-3-11(15)21-12/h1-5H,6-9H2. The number of piperazine rings is 1. The molecule has 0 atom stereocenters. The predicted octanol–water partition coefficient (Wildman–Crippen LogP) is 2.96. The fourth-order valence-electron chi connectivity index (χ4n) is 2.31. The zero-order chi connectivity index (χ0) is 15.7. The van der Waals surface area contributed by atoms with Gasteiger partial charge in [0.25, 0.3) is 10.0 Å². The van der Waals surface area contributed by atoms with Crippen LogP contribution in [0.4, 0.5) is 5.82 Å². The van der Waals surface area contributed by atoms with Gasteiger partial charge in [-0.15, -0.1) is 11.3 Å². The van der Waals surface area contributed by atoms with Gasteiger partial charge in [0, 0.05) is 32.4 Å². The fourth-order valence-corrected chi connectivity index (χ4v) is 5.61. The Labute approximate surface area is 143 Å². The Morgan fingerprint density at radius 2 is 1.82 bits per heavy atom. The Bertz CT molecular complexity index is 771. The zero-order valence-electron chi connectivity index (χ0n) is 11.4. The van der Waals surface area contributed by atoms with Crippen LogP contribution in [0.15, 0.2) is 34.7 Å². The monoisotopic (exact) mass is 377 g/mol. The van der Waals surface area contributed by atoms with Gasteiger partial charge in [0.05, 0.1) is 9.36 Å². The van der Waals surface area contributed by atoms with E-state index < -0.39 is 10.0 Å². The molecular weight excluding hydrogens is 365 g/mol. The maximum Gasteiger partial charge on any atom is 0.252 e. The first-order valence-electron chi connectivity index (χ1n) is 6.59. The van der Waals surface area contributed by atoms with Crippen molar-refractivity contribution in [3.63, 3.8) is 0 Å². The van der Waals surface area contributed by atoms with E-state index in [-0.39, 0.29) is 4.21 Å². The smallest absolute Gasteiger partial charge is 0.252 e. The molecular formula is C13H13Cl2N3O2S2. The zero-order valence-corrected chi connectivity index (χ0v) is 14.6. The minimum absolute atomic E-state index is 0.279. The van der Waals surface area contributed by atoms with Crippen LogP contribution in [-0.2, 0) is 10.0 Å². The van der Waals surface area contributed by atoms with Crippen molar-refractivity contribution in [2.24, 2.45) is 0 Å². The molecule has 2 aromatic rings. The van der Waals surface area contributed by atoms with Gasteiger partial charge in [-0.25, -0.2) is 13.4 Å². The van der Waals surface area contributed by atoms with Crippen LogP contribution in [0.2, 0.25) is 9.36 Å². The van der Waals surface area contributed by atoms with Crippen molar-refractivity contribution in [2.75, 3.05) is 31.1 Å². The lowest BCUT2D eigenvalue weighted by Crippen LogP contribution is -2.48. The summed E-state index contributed by atoms with van der Waals surface area (Å²) in [7, 11) is -3.47. The topological polar surface area (TPSA) is 53.5 Å². The van der Waals surface area contributed by atoms with E-state index in [4.69, 9.17) is 23.2 Å². The highest BCUT2D eigenvalue weighted by atomic mass is 35.5. The third kappa shape index (κ3) is 3.09. The predicted molar refractivity (Wildman–Crippen MR) is 89.5 cm³/mol. The second-order valence-electron chi connectivity index (χ2n) is 4.76. The fraction of sp³-hybridized carbons (Fsp3) is 0.308. The minimum Gasteiger partial charge on any atom is -0.353 e. The first-order chi connectivity index (χ1) is 10.5. The van der Waals surface area contributed by atoms with Crippen LogP contribution >= 0.6 is 34.5 Å². The van der Waals surface area contributed by atoms with E-state index in [0.717, 1.165) is 11.3 Å². The van der Waals surface area contributed by atoms with E-state index in [1.54, 1.807) is 30.5 Å². The van der Waals surface area contributed by atoms with Crippen molar-refractivity contribution < 1.29 is 8.42 Å². The summed E-state index contributed by atoms with van der Waals surface area (Å²) in [5, 5.41) is 0.573. The maximum atomic E-state index is 12.5. The number of sulfonamides is 1. The second-order valence-corrected chi connectivity index (χ2v) is 9.05. The van der Waals surface area contributed by atoms with Gasteiger partial charge in [0.15, 0.2) is 0 Å². The molecule has 3 rings (SSSR count). The Balaban J connectivity index is 1.73. The van der Waals surface area contributed by atoms with E-state index in [1.807, 2.05) is 4.90 Å². The van der Waals surface area contributed by atoms with Crippen molar-refractivity contribution in [1.82, 2.24) is 9.29 Å². The van der Waals surface area contributed by atoms with E-state index in [1.165, 1.54) is 4.31 Å². The number of aromatic nitrogens is 1. The van der Waals surface area contributed by atoms with Crippen molar-refractivity contribution >= 4 is 50.4 Å². The Morgan fingerprint density at radius 1 is 1.09 bits per heavy atom. The molecule has 5 nitrogen and oxygen atoms in total. The maximum absolute atomic E-state index is 12.5. The lowest BCUT2D eigenvalue weighted by molar-refractivity contribution is 0.385. The van der Waals surface area contributed by atoms with Crippen LogP contribution in [0.1, 0.15) is 0 Å². The summed E-state index contributed by atoms with van der Waals surface area (Å²) in [6.45, 7) is 1.89. The molecule has 1 fully saturated rings. The molecule has 0 N–H and O–H groups in total. The van der Waals surface area contributed by atoms with Crippen molar-refractivity contribution in [3.8, 4) is 0 Å². The molecule has 0 saturated carbocycles. The summed E-state index contributed by atoms with van der Waals surface area (Å²) in [6, 6.07) is 6.70. The molecule has 0 unspecified atom stereocenters. The van der Waals surface area contributed by atoms with Crippen molar-refractivity contribution in [1.29, 1.82) is 0 Å². The first-order valence-corrected chi connectivity index (χ1v) is 9.61. The molecule has 22 heavy (non-hydrogen) atoms. The van der Waals surface area contributed by atoms with Gasteiger partial charge in [-0.05, 0) is 24.3 Å². The summed E-state index contributed by atoms with van der Waals surface area (Å²) in [5.74, 6) is 0.695. The molecule has 0 aliphatic carbocycles. The van der Waals surface area contributed by atoms with Gasteiger partial charge in [-0.3, -0.25) is 0 Å². The Morgan fingerprint density at radius 3 is 2.41 bits per heavy atom. The van der Waals surface area contributed by atoms with Gasteiger partial charge < -0.3 is 4.90 Å². The molecule has 2 aromatic heterocycles. The highest BCUT2D eigenvalue weighted by Crippen LogP contribution is 2.29. The van der Waals surface area contributed by atoms with Crippen LogP contribution < -0.4 is 4.90 Å². The lowest BCUT2D eigenvalue weighted by Gasteiger charge is -2.34. The van der Waals surface area contributed by atoms with Crippen molar-refractivity contribution in [2.45, 2.75) is 4.21 Å². The summed E-state index contributed by atoms with van der Waals surface area (Å²) < 4.78 is 27.3. The quantitative estimate of drug-likeness (QED) is 0.824. The van der Waals surface area contributed by atoms with E-state index in [9.17, 15) is 8.42 Å². The third-order valence-corrected chi connectivity index (χ3v) is 7.31. The molecule has 0 amide bonds. The van der Waals surface area contributed by atoms with Gasteiger partial charge in [0.2, 0.25) is 0 Å². The molecule has 1 saturated heterocycles. The number of hydrogen-bond acceptors (Lipinski definition) is 5. The van der Waals surface area contributed by atoms with Gasteiger partial charge in [0.1, 0.15) is 10.0 Å². The molecule has 0 spiro atoms. The SMILES string of the molecule is O=S(=O)(c1ccc(Cl)s1)N1CCN(c2ncccc2Cl)CC1. The van der Waals surface area contributed by atoms with E-state index >= 15 is 0 Å². The number of anilines is 1. The highest BCUT2D eigenvalue weighted by Gasteiger charge is 2.30. The van der Waals surface area contributed by atoms with E-state index in [2.05, 4.69) is 4.98 Å². The normalized spacial score (nSPS) is 16.9. The summed E-state index contributed by atoms with van der Waals surface area (Å²) in [6.07, 6.45) is 1.68. The third-order valence-electron chi connectivity index (χ3n) is 3.42. The van der Waals surface area contributed by atoms with Crippen LogP contribution in [0.25, 0.3) is 0 Å². The summed E-state index contributed by atoms with van der Waals surface area (Å²) >= 11 is 13.0. The first kappa shape index (κ1) is 16.0. The minimum atomic E-state index is -3.47. The van der Waals surface area contributed by atoms with Crippen LogP contribution in [-0.4, -0.2) is 43.9 Å². The number of nitrogens with zero attached hydrogens (tertiary/aromatic N) is 3. The molecule has 1 aliphatic rings. The molecule has 0 radical (unpaired) electrons. The van der Waals surface area contributed by atoms with E-state index in [0.29, 0.717) is 41.4 Å². The van der Waals surface area contributed by atoms with Crippen molar-refractivity contribution in [3.05, 3.63) is 39.8 Å². The van der Waals surface area contributed by atoms with Crippen LogP contribution in [0.3, 0.4) is 0 Å². The highest BCUT2D eigenvalue weighted by molar-refractivity contribution is 7.91. The largest absolute Gasteiger partial charge is 0.353 e. The number of pyridine rings is 1. The number of thiophene rings is 1. The number of rotatable bonds is 3. The van der Waals surface area contributed by atoms with Crippen LogP contribution in [0, 0.1) is 0 Å². The Hall–Kier alpha value is -0.860. The van der Waals surface area contributed by atoms with Crippen LogP contribution in [0.5, 0.6) is 0 Å². The summed E-state index contributed by atoms with van der Waals surface area (Å²) in [4.78, 5) is 6.26. The van der Waals surface area contributed by atoms with Gasteiger partial charge in [-0.1, -0.05) is 23.2 Å². The molecule has 3 heterocycles. The number of halogens is 2. The molecule has 0 aromatic carbocycles. The van der Waals surface area contributed by atoms with Gasteiger partial charge >= 0.3 is 0 Å². The number of hydrogen-bond donors (Lipinski definition) is 0. The average Bonchev–Trinajstić information content (AvgIpc) is 2.95. The summed E-state index contributed by atoms with van der Waals surface area (Å²) in [5.41, 5.74) is 0. The molecule has 9 heteroatoms. The molecule has 1 aliphatic heterocycles. The van der Waals surface area contributed by atoms with Gasteiger partial charge in [-0.2, -0.15) is 4.31 Å². The Kier molecular flexibility index (Phi) is 4.61. The molecule has 0 bridgehead atoms. The molecule has 118 valence electrons.